The molecular weight excluding hydrogens is 1010 g/mol. The summed E-state index contributed by atoms with van der Waals surface area (Å²) in [5.74, 6) is -5.85. The Labute approximate surface area is 465 Å². The summed E-state index contributed by atoms with van der Waals surface area (Å²) >= 11 is 0. The van der Waals surface area contributed by atoms with E-state index in [2.05, 4.69) is 43.6 Å². The molecule has 0 radical (unpaired) electrons. The number of amides is 2. The molecule has 2 aliphatic heterocycles. The molecule has 2 amide bonds. The van der Waals surface area contributed by atoms with Crippen molar-refractivity contribution in [3.05, 3.63) is 24.3 Å². The summed E-state index contributed by atoms with van der Waals surface area (Å²) in [5, 5.41) is 121. The van der Waals surface area contributed by atoms with Crippen molar-refractivity contribution in [2.75, 3.05) is 26.4 Å². The first-order chi connectivity index (χ1) is 37.4. The molecule has 2 aliphatic rings. The summed E-state index contributed by atoms with van der Waals surface area (Å²) in [5.41, 5.74) is 0. The van der Waals surface area contributed by atoms with Crippen molar-refractivity contribution in [3.63, 3.8) is 0 Å². The monoisotopic (exact) mass is 1120 g/mol. The van der Waals surface area contributed by atoms with Gasteiger partial charge in [0.15, 0.2) is 6.29 Å². The Hall–Kier alpha value is -2.67. The van der Waals surface area contributed by atoms with E-state index in [0.717, 1.165) is 57.8 Å². The molecule has 0 aromatic rings. The molecule has 0 aromatic heterocycles. The smallest absolute Gasteiger partial charge is 0.364 e. The second kappa shape index (κ2) is 42.2. The third-order valence-electron chi connectivity index (χ3n) is 14.9. The van der Waals surface area contributed by atoms with Gasteiger partial charge in [-0.1, -0.05) is 180 Å². The van der Waals surface area contributed by atoms with Crippen molar-refractivity contribution in [2.45, 2.75) is 292 Å². The topological polar surface area (TPSA) is 335 Å². The van der Waals surface area contributed by atoms with Gasteiger partial charge in [-0.2, -0.15) is 0 Å². The van der Waals surface area contributed by atoms with Crippen molar-refractivity contribution in [3.8, 4) is 0 Å². The van der Waals surface area contributed by atoms with Gasteiger partial charge in [-0.05, 0) is 50.9 Å². The molecule has 13 N–H and O–H groups in total. The van der Waals surface area contributed by atoms with Crippen molar-refractivity contribution in [2.24, 2.45) is 5.92 Å². The van der Waals surface area contributed by atoms with E-state index in [4.69, 9.17) is 18.9 Å². The highest BCUT2D eigenvalue weighted by Gasteiger charge is 2.57. The molecule has 14 atom stereocenters. The Bertz CT molecular complexity index is 1630. The fraction of sp³-hybridized carbons (Fsp3) is 0.879. The predicted octanol–water partition coefficient (Wildman–Crippen LogP) is 4.87. The molecule has 20 nitrogen and oxygen atoms in total. The van der Waals surface area contributed by atoms with Gasteiger partial charge in [0.2, 0.25) is 11.8 Å². The molecule has 2 fully saturated rings. The van der Waals surface area contributed by atoms with Crippen LogP contribution in [0.15, 0.2) is 24.3 Å². The van der Waals surface area contributed by atoms with Crippen LogP contribution >= 0.6 is 0 Å². The number of hydrogen-bond donors (Lipinski definition) is 13. The minimum atomic E-state index is -2.87. The standard InChI is InChI=1S/C58H106N2O18/c1-4-5-6-7-8-9-10-11-12-13-14-15-16-17-18-19-22-26-29-32-35-44(64)55(72)59-42(43(63)34-31-28-25-23-20-21-24-27-30-33-41(2)3)39-75-56-53(71)52(70)51(69)47(77-56)40-76-58(57(73)74)36-45(65)49(60-48(67)38-62)54(78-58)50(68)46(66)37-61/h11-12,31,34,41-47,49-54,56,61-66,68-71H,4-10,13-30,32-33,35-40H2,1-3H3,(H,59,72)(H,60,67)(H,73,74)/b12-11-,34-31+/t42-,43+,44+,45-,46?,47+,49+,50?,51+,52-,53+,54+,56+,58+/m0/s1. The minimum absolute atomic E-state index is 0.185. The first-order valence-corrected chi connectivity index (χ1v) is 29.8. The third-order valence-corrected chi connectivity index (χ3v) is 14.9. The molecule has 0 bridgehead atoms. The summed E-state index contributed by atoms with van der Waals surface area (Å²) in [6.07, 6.45) is 18.0. The highest BCUT2D eigenvalue weighted by molar-refractivity contribution is 5.81. The van der Waals surface area contributed by atoms with E-state index >= 15 is 0 Å². The van der Waals surface area contributed by atoms with Gasteiger partial charge in [-0.15, -0.1) is 0 Å². The Balaban J connectivity index is 2.00. The van der Waals surface area contributed by atoms with Gasteiger partial charge >= 0.3 is 5.97 Å². The summed E-state index contributed by atoms with van der Waals surface area (Å²) in [6.45, 7) is 3.12. The fourth-order valence-corrected chi connectivity index (χ4v) is 9.88. The van der Waals surface area contributed by atoms with E-state index in [-0.39, 0.29) is 6.42 Å². The van der Waals surface area contributed by atoms with E-state index < -0.39 is 136 Å². The van der Waals surface area contributed by atoms with Crippen LogP contribution in [0, 0.1) is 5.92 Å². The first kappa shape index (κ1) is 71.4. The number of carbonyl (C=O) groups excluding carboxylic acids is 2. The van der Waals surface area contributed by atoms with Crippen LogP contribution in [0.3, 0.4) is 0 Å². The average molecular weight is 1120 g/mol. The van der Waals surface area contributed by atoms with Crippen LogP contribution in [-0.2, 0) is 33.3 Å². The molecule has 2 unspecified atom stereocenters. The summed E-state index contributed by atoms with van der Waals surface area (Å²) in [7, 11) is 0. The number of nitrogens with one attached hydrogen (secondary N) is 2. The van der Waals surface area contributed by atoms with E-state index in [0.29, 0.717) is 18.8 Å². The molecule has 2 heterocycles. The van der Waals surface area contributed by atoms with Crippen molar-refractivity contribution in [1.29, 1.82) is 0 Å². The van der Waals surface area contributed by atoms with Crippen LogP contribution < -0.4 is 10.6 Å². The second-order valence-electron chi connectivity index (χ2n) is 22.2. The van der Waals surface area contributed by atoms with Gasteiger partial charge < -0.3 is 85.8 Å². The van der Waals surface area contributed by atoms with Crippen molar-refractivity contribution < 1.29 is 89.5 Å². The van der Waals surface area contributed by atoms with Crippen LogP contribution in [-0.4, -0.2) is 186 Å². The molecule has 2 rings (SSSR count). The van der Waals surface area contributed by atoms with Gasteiger partial charge in [0.05, 0.1) is 44.1 Å². The van der Waals surface area contributed by atoms with Crippen molar-refractivity contribution in [1.82, 2.24) is 10.6 Å². The van der Waals surface area contributed by atoms with E-state index in [9.17, 15) is 70.6 Å². The number of aliphatic hydroxyl groups is 10. The Morgan fingerprint density at radius 2 is 1.19 bits per heavy atom. The van der Waals surface area contributed by atoms with Gasteiger partial charge in [0.25, 0.3) is 5.79 Å². The van der Waals surface area contributed by atoms with E-state index in [1.54, 1.807) is 6.08 Å². The number of carboxylic acid groups (broad SMARTS) is 1. The van der Waals surface area contributed by atoms with E-state index in [1.165, 1.54) is 109 Å². The van der Waals surface area contributed by atoms with Gasteiger partial charge in [-0.25, -0.2) is 4.79 Å². The zero-order chi connectivity index (χ0) is 57.7. The van der Waals surface area contributed by atoms with Crippen LogP contribution in [0.1, 0.15) is 207 Å². The minimum Gasteiger partial charge on any atom is -0.477 e. The molecule has 2 saturated heterocycles. The number of aliphatic hydroxyl groups excluding tert-OH is 10. The lowest BCUT2D eigenvalue weighted by atomic mass is 9.88. The van der Waals surface area contributed by atoms with Crippen LogP contribution in [0.25, 0.3) is 0 Å². The number of unbranched alkanes of at least 4 members (excludes halogenated alkanes) is 23. The molecule has 456 valence electrons. The summed E-state index contributed by atoms with van der Waals surface area (Å²) < 4.78 is 22.8. The van der Waals surface area contributed by atoms with Gasteiger partial charge in [0.1, 0.15) is 55.4 Å². The van der Waals surface area contributed by atoms with Crippen LogP contribution in [0.5, 0.6) is 0 Å². The quantitative estimate of drug-likeness (QED) is 0.0286. The number of aliphatic carboxylic acids is 1. The molecular formula is C58H106N2O18. The van der Waals surface area contributed by atoms with Gasteiger partial charge in [-0.3, -0.25) is 9.59 Å². The molecule has 0 aromatic carbocycles. The number of carbonyl (C=O) groups is 3. The van der Waals surface area contributed by atoms with Crippen molar-refractivity contribution >= 4 is 17.8 Å². The average Bonchev–Trinajstić information content (AvgIpc) is 3.49. The lowest BCUT2D eigenvalue weighted by molar-refractivity contribution is -0.339. The summed E-state index contributed by atoms with van der Waals surface area (Å²) in [4.78, 5) is 38.2. The number of carboxylic acids is 1. The molecule has 0 spiro atoms. The third kappa shape index (κ3) is 28.3. The molecule has 0 saturated carbocycles. The normalized spacial score (nSPS) is 25.8. The van der Waals surface area contributed by atoms with Crippen LogP contribution in [0.4, 0.5) is 0 Å². The Morgan fingerprint density at radius 3 is 1.71 bits per heavy atom. The number of rotatable bonds is 46. The lowest BCUT2D eigenvalue weighted by Gasteiger charge is -2.47. The lowest BCUT2D eigenvalue weighted by Crippen LogP contribution is -2.68. The number of ether oxygens (including phenoxy) is 4. The maximum absolute atomic E-state index is 13.4. The highest BCUT2D eigenvalue weighted by atomic mass is 16.7. The zero-order valence-corrected chi connectivity index (χ0v) is 47.5. The first-order valence-electron chi connectivity index (χ1n) is 29.8. The summed E-state index contributed by atoms with van der Waals surface area (Å²) in [6, 6.07) is -2.83. The Kier molecular flexibility index (Phi) is 38.6. The SMILES string of the molecule is CCCCCCCC/C=C\CCCCCCCCCCCC[C@@H](O)C(=O)N[C@@H](CO[C@@H]1O[C@H](CO[C@]2(C(=O)O)C[C@H](O)[C@@H](NC(=O)CO)[C@H](C(O)C(O)CO)O2)[C@@H](O)[C@H](O)[C@H]1O)[C@H](O)/C=C/CCCCCCCCCC(C)C. The molecule has 20 heteroatoms. The van der Waals surface area contributed by atoms with Gasteiger partial charge in [0, 0.05) is 6.42 Å². The maximum atomic E-state index is 13.4. The molecule has 78 heavy (non-hydrogen) atoms. The highest BCUT2D eigenvalue weighted by Crippen LogP contribution is 2.35. The predicted molar refractivity (Wildman–Crippen MR) is 295 cm³/mol. The Morgan fingerprint density at radius 1 is 0.679 bits per heavy atom. The fourth-order valence-electron chi connectivity index (χ4n) is 9.88. The maximum Gasteiger partial charge on any atom is 0.364 e. The number of hydrogen-bond acceptors (Lipinski definition) is 17. The second-order valence-corrected chi connectivity index (χ2v) is 22.2. The zero-order valence-electron chi connectivity index (χ0n) is 47.5. The molecule has 0 aliphatic carbocycles. The largest absolute Gasteiger partial charge is 0.477 e. The van der Waals surface area contributed by atoms with Crippen LogP contribution in [0.2, 0.25) is 0 Å². The number of allylic oxidation sites excluding steroid dienone is 3. The van der Waals surface area contributed by atoms with E-state index in [1.807, 2.05) is 0 Å².